The molecule has 0 aromatic carbocycles. The van der Waals surface area contributed by atoms with Crippen molar-refractivity contribution in [3.63, 3.8) is 0 Å². The van der Waals surface area contributed by atoms with Crippen molar-refractivity contribution in [1.29, 1.82) is 0 Å². The van der Waals surface area contributed by atoms with E-state index in [0.29, 0.717) is 24.8 Å². The number of aromatic nitrogens is 2. The number of nitrogen functional groups attached to an aromatic ring is 1. The third kappa shape index (κ3) is 3.61. The monoisotopic (exact) mass is 296 g/mol. The maximum Gasteiger partial charge on any atom is 0.324 e. The minimum absolute atomic E-state index is 0.161. The summed E-state index contributed by atoms with van der Waals surface area (Å²) in [5.74, 6) is 2.74. The second kappa shape index (κ2) is 6.90. The molecule has 2 N–H and O–H groups in total. The predicted molar refractivity (Wildman–Crippen MR) is 79.3 cm³/mol. The lowest BCUT2D eigenvalue weighted by atomic mass is 10.2. The Morgan fingerprint density at radius 3 is 3.15 bits per heavy atom. The fourth-order valence-corrected chi connectivity index (χ4v) is 3.24. The van der Waals surface area contributed by atoms with Gasteiger partial charge in [0.05, 0.1) is 6.61 Å². The number of aryl methyl sites for hydroxylation is 1. The van der Waals surface area contributed by atoms with Crippen molar-refractivity contribution in [3.05, 3.63) is 17.6 Å². The zero-order valence-electron chi connectivity index (χ0n) is 11.8. The van der Waals surface area contributed by atoms with Crippen LogP contribution in [0, 0.1) is 6.92 Å². The van der Waals surface area contributed by atoms with Crippen LogP contribution in [-0.2, 0) is 16.1 Å². The van der Waals surface area contributed by atoms with Gasteiger partial charge in [0.15, 0.2) is 0 Å². The number of rotatable bonds is 4. The molecule has 0 aliphatic carbocycles. The second-order valence-corrected chi connectivity index (χ2v) is 5.79. The number of thioether (sulfide) groups is 1. The lowest BCUT2D eigenvalue weighted by molar-refractivity contribution is -0.148. The van der Waals surface area contributed by atoms with Gasteiger partial charge in [0, 0.05) is 36.4 Å². The quantitative estimate of drug-likeness (QED) is 0.825. The first-order chi connectivity index (χ1) is 9.61. The largest absolute Gasteiger partial charge is 0.465 e. The molecule has 110 valence electrons. The number of nitrogens with two attached hydrogens (primary N) is 1. The van der Waals surface area contributed by atoms with Crippen LogP contribution in [0.15, 0.2) is 6.20 Å². The first-order valence-corrected chi connectivity index (χ1v) is 7.83. The average molecular weight is 296 g/mol. The first-order valence-electron chi connectivity index (χ1n) is 6.68. The molecule has 1 aromatic heterocycles. The Balaban J connectivity index is 2.10. The molecule has 7 heteroatoms. The Morgan fingerprint density at radius 1 is 1.65 bits per heavy atom. The molecular weight excluding hydrogens is 276 g/mol. The van der Waals surface area contributed by atoms with Crippen LogP contribution in [-0.4, -0.2) is 51.5 Å². The maximum absolute atomic E-state index is 12.0. The number of carbonyl (C=O) groups excluding carboxylic acids is 1. The van der Waals surface area contributed by atoms with Gasteiger partial charge in [-0.2, -0.15) is 11.8 Å². The molecule has 1 fully saturated rings. The number of carbonyl (C=O) groups is 1. The van der Waals surface area contributed by atoms with E-state index in [0.717, 1.165) is 23.6 Å². The standard InChI is InChI=1S/C13H20N4O2S/c1-3-19-13(18)11-8-20-5-4-17(11)7-10-6-15-9(2)16-12(10)14/h6,11H,3-5,7-8H2,1-2H3,(H2,14,15,16). The minimum atomic E-state index is -0.214. The topological polar surface area (TPSA) is 81.3 Å². The molecule has 0 bridgehead atoms. The van der Waals surface area contributed by atoms with E-state index in [1.54, 1.807) is 24.9 Å². The summed E-state index contributed by atoms with van der Waals surface area (Å²) in [6.07, 6.45) is 1.74. The van der Waals surface area contributed by atoms with Crippen LogP contribution in [0.2, 0.25) is 0 Å². The van der Waals surface area contributed by atoms with Crippen LogP contribution < -0.4 is 5.73 Å². The minimum Gasteiger partial charge on any atom is -0.465 e. The summed E-state index contributed by atoms with van der Waals surface area (Å²) >= 11 is 1.77. The summed E-state index contributed by atoms with van der Waals surface area (Å²) in [6, 6.07) is -0.214. The molecular formula is C13H20N4O2S. The van der Waals surface area contributed by atoms with Crippen molar-refractivity contribution < 1.29 is 9.53 Å². The summed E-state index contributed by atoms with van der Waals surface area (Å²) < 4.78 is 5.14. The molecule has 0 radical (unpaired) electrons. The Morgan fingerprint density at radius 2 is 2.45 bits per heavy atom. The molecule has 0 amide bonds. The van der Waals surface area contributed by atoms with Crippen LogP contribution in [0.3, 0.4) is 0 Å². The molecule has 6 nitrogen and oxygen atoms in total. The molecule has 1 unspecified atom stereocenters. The number of hydrogen-bond donors (Lipinski definition) is 1. The lowest BCUT2D eigenvalue weighted by Crippen LogP contribution is -2.47. The van der Waals surface area contributed by atoms with E-state index >= 15 is 0 Å². The zero-order valence-corrected chi connectivity index (χ0v) is 12.7. The van der Waals surface area contributed by atoms with Gasteiger partial charge in [-0.3, -0.25) is 9.69 Å². The Hall–Kier alpha value is -1.34. The third-order valence-electron chi connectivity index (χ3n) is 3.19. The summed E-state index contributed by atoms with van der Waals surface area (Å²) in [5, 5.41) is 0. The van der Waals surface area contributed by atoms with E-state index in [1.807, 2.05) is 6.92 Å². The van der Waals surface area contributed by atoms with Crippen molar-refractivity contribution in [1.82, 2.24) is 14.9 Å². The van der Waals surface area contributed by atoms with E-state index in [1.165, 1.54) is 0 Å². The zero-order chi connectivity index (χ0) is 14.5. The molecule has 1 aromatic rings. The van der Waals surface area contributed by atoms with Gasteiger partial charge in [0.2, 0.25) is 0 Å². The summed E-state index contributed by atoms with van der Waals surface area (Å²) in [4.78, 5) is 22.4. The summed E-state index contributed by atoms with van der Waals surface area (Å²) in [5.41, 5.74) is 6.78. The van der Waals surface area contributed by atoms with Gasteiger partial charge in [-0.1, -0.05) is 0 Å². The van der Waals surface area contributed by atoms with Gasteiger partial charge in [-0.15, -0.1) is 0 Å². The van der Waals surface area contributed by atoms with Gasteiger partial charge in [-0.05, 0) is 13.8 Å². The third-order valence-corrected chi connectivity index (χ3v) is 4.21. The van der Waals surface area contributed by atoms with E-state index in [-0.39, 0.29) is 12.0 Å². The van der Waals surface area contributed by atoms with Gasteiger partial charge < -0.3 is 10.5 Å². The molecule has 1 atom stereocenters. The van der Waals surface area contributed by atoms with E-state index < -0.39 is 0 Å². The van der Waals surface area contributed by atoms with Crippen LogP contribution in [0.1, 0.15) is 18.3 Å². The van der Waals surface area contributed by atoms with Crippen LogP contribution in [0.5, 0.6) is 0 Å². The second-order valence-electron chi connectivity index (χ2n) is 4.64. The molecule has 20 heavy (non-hydrogen) atoms. The van der Waals surface area contributed by atoms with E-state index in [4.69, 9.17) is 10.5 Å². The number of esters is 1. The summed E-state index contributed by atoms with van der Waals surface area (Å²) in [6.45, 7) is 5.45. The normalized spacial score (nSPS) is 19.8. The molecule has 0 spiro atoms. The highest BCUT2D eigenvalue weighted by Gasteiger charge is 2.30. The van der Waals surface area contributed by atoms with Gasteiger partial charge >= 0.3 is 5.97 Å². The number of hydrogen-bond acceptors (Lipinski definition) is 7. The van der Waals surface area contributed by atoms with Gasteiger partial charge in [-0.25, -0.2) is 9.97 Å². The highest BCUT2D eigenvalue weighted by molar-refractivity contribution is 7.99. The SMILES string of the molecule is CCOC(=O)C1CSCCN1Cc1cnc(C)nc1N. The van der Waals surface area contributed by atoms with Crippen molar-refractivity contribution in [2.45, 2.75) is 26.4 Å². The van der Waals surface area contributed by atoms with Gasteiger partial charge in [0.25, 0.3) is 0 Å². The Bertz CT molecular complexity index is 483. The van der Waals surface area contributed by atoms with Crippen molar-refractivity contribution in [2.75, 3.05) is 30.4 Å². The molecule has 1 saturated heterocycles. The Kier molecular flexibility index (Phi) is 5.19. The maximum atomic E-state index is 12.0. The highest BCUT2D eigenvalue weighted by atomic mass is 32.2. The number of ether oxygens (including phenoxy) is 1. The fraction of sp³-hybridized carbons (Fsp3) is 0.615. The van der Waals surface area contributed by atoms with E-state index in [9.17, 15) is 4.79 Å². The van der Waals surface area contributed by atoms with Crippen molar-refractivity contribution >= 4 is 23.5 Å². The molecule has 1 aliphatic heterocycles. The average Bonchev–Trinajstić information content (AvgIpc) is 2.43. The van der Waals surface area contributed by atoms with Crippen LogP contribution in [0.25, 0.3) is 0 Å². The van der Waals surface area contributed by atoms with E-state index in [2.05, 4.69) is 14.9 Å². The fourth-order valence-electron chi connectivity index (χ4n) is 2.14. The molecule has 2 rings (SSSR count). The van der Waals surface area contributed by atoms with Gasteiger partial charge in [0.1, 0.15) is 17.7 Å². The number of anilines is 1. The molecule has 0 saturated carbocycles. The molecule has 2 heterocycles. The van der Waals surface area contributed by atoms with Crippen LogP contribution in [0.4, 0.5) is 5.82 Å². The van der Waals surface area contributed by atoms with Crippen molar-refractivity contribution in [3.8, 4) is 0 Å². The molecule has 1 aliphatic rings. The van der Waals surface area contributed by atoms with Crippen LogP contribution >= 0.6 is 11.8 Å². The Labute approximate surface area is 123 Å². The predicted octanol–water partition coefficient (Wildman–Crippen LogP) is 0.848. The van der Waals surface area contributed by atoms with Crippen molar-refractivity contribution in [2.24, 2.45) is 0 Å². The lowest BCUT2D eigenvalue weighted by Gasteiger charge is -2.33. The smallest absolute Gasteiger partial charge is 0.324 e. The summed E-state index contributed by atoms with van der Waals surface area (Å²) in [7, 11) is 0. The first kappa shape index (κ1) is 15.1. The highest BCUT2D eigenvalue weighted by Crippen LogP contribution is 2.21. The number of nitrogens with zero attached hydrogens (tertiary/aromatic N) is 3.